The van der Waals surface area contributed by atoms with Gasteiger partial charge >= 0.3 is 0 Å². The average Bonchev–Trinajstić information content (AvgIpc) is 3.20. The van der Waals surface area contributed by atoms with Crippen molar-refractivity contribution in [2.75, 3.05) is 44.8 Å². The summed E-state index contributed by atoms with van der Waals surface area (Å²) in [4.78, 5) is 36.5. The van der Waals surface area contributed by atoms with Gasteiger partial charge in [-0.1, -0.05) is 11.6 Å². The Morgan fingerprint density at radius 1 is 1.33 bits per heavy atom. The first-order valence-corrected chi connectivity index (χ1v) is 9.53. The van der Waals surface area contributed by atoms with E-state index in [1.54, 1.807) is 18.2 Å². The van der Waals surface area contributed by atoms with Crippen molar-refractivity contribution in [3.8, 4) is 5.75 Å². The van der Waals surface area contributed by atoms with Crippen LogP contribution in [-0.4, -0.2) is 72.1 Å². The molecule has 0 aliphatic carbocycles. The SMILES string of the molecule is NC(N)=NC(=O)c1[nH]cnc1C(=O)Nc1ccc(OCCN2CCOCC2)cc1Cl. The monoisotopic (exact) mass is 435 g/mol. The Balaban J connectivity index is 1.59. The molecule has 1 aromatic carbocycles. The molecule has 0 bridgehead atoms. The zero-order chi connectivity index (χ0) is 21.5. The number of nitrogens with two attached hydrogens (primary N) is 2. The molecule has 3 rings (SSSR count). The van der Waals surface area contributed by atoms with E-state index in [9.17, 15) is 9.59 Å². The Labute approximate surface area is 177 Å². The molecule has 30 heavy (non-hydrogen) atoms. The number of halogens is 1. The van der Waals surface area contributed by atoms with E-state index in [4.69, 9.17) is 32.5 Å². The van der Waals surface area contributed by atoms with Gasteiger partial charge in [-0.2, -0.15) is 4.99 Å². The van der Waals surface area contributed by atoms with E-state index in [1.807, 2.05) is 0 Å². The number of H-pyrrole nitrogens is 1. The minimum atomic E-state index is -0.812. The van der Waals surface area contributed by atoms with Gasteiger partial charge in [-0.3, -0.25) is 14.5 Å². The minimum absolute atomic E-state index is 0.139. The molecule has 12 heteroatoms. The third kappa shape index (κ3) is 5.69. The van der Waals surface area contributed by atoms with Crippen molar-refractivity contribution in [2.24, 2.45) is 16.5 Å². The van der Waals surface area contributed by atoms with Crippen LogP contribution >= 0.6 is 11.6 Å². The molecule has 160 valence electrons. The van der Waals surface area contributed by atoms with E-state index >= 15 is 0 Å². The summed E-state index contributed by atoms with van der Waals surface area (Å²) in [6, 6.07) is 4.90. The second-order valence-electron chi connectivity index (χ2n) is 6.37. The average molecular weight is 436 g/mol. The van der Waals surface area contributed by atoms with Crippen LogP contribution in [0.15, 0.2) is 29.5 Å². The van der Waals surface area contributed by atoms with Crippen molar-refractivity contribution in [1.82, 2.24) is 14.9 Å². The molecule has 0 spiro atoms. The number of carbonyl (C=O) groups excluding carboxylic acids is 2. The van der Waals surface area contributed by atoms with Crippen molar-refractivity contribution in [3.05, 3.63) is 40.9 Å². The van der Waals surface area contributed by atoms with Crippen molar-refractivity contribution in [1.29, 1.82) is 0 Å². The van der Waals surface area contributed by atoms with Crippen LogP contribution in [0.2, 0.25) is 5.02 Å². The number of carbonyl (C=O) groups is 2. The third-order valence-corrected chi connectivity index (χ3v) is 4.58. The number of guanidine groups is 1. The van der Waals surface area contributed by atoms with Gasteiger partial charge in [0, 0.05) is 25.7 Å². The largest absolute Gasteiger partial charge is 0.492 e. The number of morpholine rings is 1. The second-order valence-corrected chi connectivity index (χ2v) is 6.77. The van der Waals surface area contributed by atoms with Gasteiger partial charge in [0.25, 0.3) is 11.8 Å². The van der Waals surface area contributed by atoms with Crippen LogP contribution in [0, 0.1) is 0 Å². The van der Waals surface area contributed by atoms with Gasteiger partial charge in [-0.05, 0) is 12.1 Å². The standard InChI is InChI=1S/C18H22ClN7O4/c19-12-9-11(30-8-5-26-3-6-29-7-4-26)1-2-13(12)24-16(27)14-15(23-10-22-14)17(28)25-18(20)21/h1-2,9-10H,3-8H2,(H,22,23)(H,24,27)(H4,20,21,25,28). The number of anilines is 1. The highest BCUT2D eigenvalue weighted by atomic mass is 35.5. The summed E-state index contributed by atoms with van der Waals surface area (Å²) in [7, 11) is 0. The quantitative estimate of drug-likeness (QED) is 0.359. The van der Waals surface area contributed by atoms with Crippen LogP contribution < -0.4 is 21.5 Å². The number of nitrogens with one attached hydrogen (secondary N) is 2. The van der Waals surface area contributed by atoms with Gasteiger partial charge in [0.05, 0.1) is 30.3 Å². The van der Waals surface area contributed by atoms with Gasteiger partial charge in [0.2, 0.25) is 0 Å². The first kappa shape index (κ1) is 21.6. The number of ether oxygens (including phenoxy) is 2. The maximum Gasteiger partial charge on any atom is 0.299 e. The Morgan fingerprint density at radius 2 is 2.10 bits per heavy atom. The number of aliphatic imine (C=N–C) groups is 1. The highest BCUT2D eigenvalue weighted by Gasteiger charge is 2.21. The van der Waals surface area contributed by atoms with E-state index in [1.165, 1.54) is 6.33 Å². The van der Waals surface area contributed by atoms with Gasteiger partial charge in [0.15, 0.2) is 11.7 Å². The highest BCUT2D eigenvalue weighted by molar-refractivity contribution is 6.34. The molecule has 2 amide bonds. The van der Waals surface area contributed by atoms with Gasteiger partial charge in [-0.25, -0.2) is 4.98 Å². The zero-order valence-electron chi connectivity index (χ0n) is 16.1. The molecule has 1 fully saturated rings. The van der Waals surface area contributed by atoms with Crippen molar-refractivity contribution >= 4 is 35.1 Å². The number of imidazole rings is 1. The van der Waals surface area contributed by atoms with Gasteiger partial charge < -0.3 is 31.2 Å². The van der Waals surface area contributed by atoms with Crippen LogP contribution in [0.5, 0.6) is 5.75 Å². The number of hydrogen-bond acceptors (Lipinski definition) is 6. The smallest absolute Gasteiger partial charge is 0.299 e. The van der Waals surface area contributed by atoms with Crippen LogP contribution in [0.25, 0.3) is 0 Å². The fraction of sp³-hybridized carbons (Fsp3) is 0.333. The summed E-state index contributed by atoms with van der Waals surface area (Å²) >= 11 is 6.26. The summed E-state index contributed by atoms with van der Waals surface area (Å²) in [5, 5.41) is 2.88. The van der Waals surface area contributed by atoms with E-state index in [0.29, 0.717) is 18.0 Å². The molecule has 2 aromatic rings. The van der Waals surface area contributed by atoms with Crippen molar-refractivity contribution in [2.45, 2.75) is 0 Å². The third-order valence-electron chi connectivity index (χ3n) is 4.27. The van der Waals surface area contributed by atoms with Crippen LogP contribution in [0.1, 0.15) is 21.0 Å². The summed E-state index contributed by atoms with van der Waals surface area (Å²) in [6.45, 7) is 4.52. The Bertz CT molecular complexity index is 936. The lowest BCUT2D eigenvalue weighted by atomic mass is 10.2. The molecule has 0 atom stereocenters. The molecule has 11 nitrogen and oxygen atoms in total. The number of benzene rings is 1. The first-order valence-electron chi connectivity index (χ1n) is 9.15. The number of nitrogens with zero attached hydrogens (tertiary/aromatic N) is 3. The van der Waals surface area contributed by atoms with Gasteiger partial charge in [0.1, 0.15) is 18.1 Å². The van der Waals surface area contributed by atoms with E-state index < -0.39 is 17.8 Å². The fourth-order valence-electron chi connectivity index (χ4n) is 2.79. The molecule has 2 heterocycles. The molecule has 1 aliphatic heterocycles. The second kappa shape index (κ2) is 10.1. The predicted octanol–water partition coefficient (Wildman–Crippen LogP) is 0.440. The van der Waals surface area contributed by atoms with E-state index in [0.717, 1.165) is 32.8 Å². The van der Waals surface area contributed by atoms with Crippen LogP contribution in [0.3, 0.4) is 0 Å². The van der Waals surface area contributed by atoms with E-state index in [-0.39, 0.29) is 16.4 Å². The normalized spacial score (nSPS) is 14.2. The number of amides is 2. The number of hydrogen-bond donors (Lipinski definition) is 4. The summed E-state index contributed by atoms with van der Waals surface area (Å²) in [5.41, 5.74) is 10.4. The molecular weight excluding hydrogens is 414 g/mol. The molecule has 1 aromatic heterocycles. The van der Waals surface area contributed by atoms with Crippen LogP contribution in [0.4, 0.5) is 5.69 Å². The summed E-state index contributed by atoms with van der Waals surface area (Å²) in [5.74, 6) is -1.30. The fourth-order valence-corrected chi connectivity index (χ4v) is 3.01. The lowest BCUT2D eigenvalue weighted by Gasteiger charge is -2.26. The minimum Gasteiger partial charge on any atom is -0.492 e. The number of aromatic nitrogens is 2. The molecule has 0 unspecified atom stereocenters. The van der Waals surface area contributed by atoms with Crippen LogP contribution in [-0.2, 0) is 4.74 Å². The van der Waals surface area contributed by atoms with E-state index in [2.05, 4.69) is 25.2 Å². The number of rotatable bonds is 7. The molecule has 0 radical (unpaired) electrons. The first-order chi connectivity index (χ1) is 14.4. The molecule has 6 N–H and O–H groups in total. The maximum absolute atomic E-state index is 12.5. The molecule has 1 saturated heterocycles. The highest BCUT2D eigenvalue weighted by Crippen LogP contribution is 2.27. The predicted molar refractivity (Wildman–Crippen MR) is 111 cm³/mol. The van der Waals surface area contributed by atoms with Crippen molar-refractivity contribution < 1.29 is 19.1 Å². The van der Waals surface area contributed by atoms with Gasteiger partial charge in [-0.15, -0.1) is 0 Å². The lowest BCUT2D eigenvalue weighted by molar-refractivity contribution is 0.0322. The maximum atomic E-state index is 12.5. The molecule has 1 aliphatic rings. The zero-order valence-corrected chi connectivity index (χ0v) is 16.8. The molecular formula is C18H22ClN7O4. The Morgan fingerprint density at radius 3 is 2.80 bits per heavy atom. The topological polar surface area (TPSA) is 161 Å². The summed E-state index contributed by atoms with van der Waals surface area (Å²) in [6.07, 6.45) is 1.19. The molecule has 0 saturated carbocycles. The lowest BCUT2D eigenvalue weighted by Crippen LogP contribution is -2.38. The number of aromatic amines is 1. The Kier molecular flexibility index (Phi) is 7.22. The summed E-state index contributed by atoms with van der Waals surface area (Å²) < 4.78 is 11.0. The van der Waals surface area contributed by atoms with Crippen molar-refractivity contribution in [3.63, 3.8) is 0 Å². The Hall–Kier alpha value is -3.15.